The Kier molecular flexibility index (Phi) is 3.66. The van der Waals surface area contributed by atoms with E-state index >= 15 is 0 Å². The van der Waals surface area contributed by atoms with Crippen molar-refractivity contribution >= 4 is 34.4 Å². The first kappa shape index (κ1) is 12.6. The molecule has 1 aliphatic rings. The Morgan fingerprint density at radius 3 is 3.00 bits per heavy atom. The van der Waals surface area contributed by atoms with Gasteiger partial charge in [0.15, 0.2) is 5.17 Å². The highest BCUT2D eigenvalue weighted by Crippen LogP contribution is 2.22. The number of nitrogens with zero attached hydrogens (tertiary/aromatic N) is 1. The predicted molar refractivity (Wildman–Crippen MR) is 72.4 cm³/mol. The molecule has 1 aliphatic heterocycles. The van der Waals surface area contributed by atoms with Gasteiger partial charge >= 0.3 is 0 Å². The van der Waals surface area contributed by atoms with Crippen molar-refractivity contribution in [3.63, 3.8) is 0 Å². The number of aryl methyl sites for hydroxylation is 1. The van der Waals surface area contributed by atoms with Crippen LogP contribution in [0.2, 0.25) is 0 Å². The highest BCUT2D eigenvalue weighted by Gasteiger charge is 2.27. The SMILES string of the molecule is Cc1cccc(NC(=O)[C@H]2CC(=O)N=C(N)S2)c1. The van der Waals surface area contributed by atoms with E-state index < -0.39 is 5.25 Å². The molecule has 0 aliphatic carbocycles. The fourth-order valence-corrected chi connectivity index (χ4v) is 2.47. The molecule has 1 atom stereocenters. The molecular formula is C12H13N3O2S. The lowest BCUT2D eigenvalue weighted by Gasteiger charge is -2.17. The van der Waals surface area contributed by atoms with Crippen LogP contribution in [0.4, 0.5) is 5.69 Å². The maximum atomic E-state index is 12.0. The Morgan fingerprint density at radius 1 is 1.56 bits per heavy atom. The summed E-state index contributed by atoms with van der Waals surface area (Å²) in [6.45, 7) is 1.94. The van der Waals surface area contributed by atoms with Gasteiger partial charge in [-0.25, -0.2) is 0 Å². The number of carbonyl (C=O) groups is 2. The molecule has 0 saturated carbocycles. The van der Waals surface area contributed by atoms with Gasteiger partial charge in [0.25, 0.3) is 0 Å². The monoisotopic (exact) mass is 263 g/mol. The van der Waals surface area contributed by atoms with Crippen LogP contribution in [0.15, 0.2) is 29.3 Å². The third-order valence-corrected chi connectivity index (χ3v) is 3.43. The first-order valence-electron chi connectivity index (χ1n) is 5.46. The molecule has 0 unspecified atom stereocenters. The van der Waals surface area contributed by atoms with Gasteiger partial charge in [-0.3, -0.25) is 9.59 Å². The maximum absolute atomic E-state index is 12.0. The molecule has 3 N–H and O–H groups in total. The topological polar surface area (TPSA) is 84.5 Å². The van der Waals surface area contributed by atoms with Crippen LogP contribution in [-0.4, -0.2) is 22.2 Å². The van der Waals surface area contributed by atoms with E-state index in [4.69, 9.17) is 5.73 Å². The maximum Gasteiger partial charge on any atom is 0.249 e. The number of rotatable bonds is 2. The number of amides is 2. The Morgan fingerprint density at radius 2 is 2.33 bits per heavy atom. The molecular weight excluding hydrogens is 250 g/mol. The number of aliphatic imine (C=N–C) groups is 1. The zero-order valence-corrected chi connectivity index (χ0v) is 10.7. The molecule has 0 spiro atoms. The lowest BCUT2D eigenvalue weighted by Crippen LogP contribution is -2.33. The quantitative estimate of drug-likeness (QED) is 0.841. The van der Waals surface area contributed by atoms with E-state index in [0.29, 0.717) is 5.69 Å². The van der Waals surface area contributed by atoms with Crippen LogP contribution < -0.4 is 11.1 Å². The minimum absolute atomic E-state index is 0.0863. The predicted octanol–water partition coefficient (Wildman–Crippen LogP) is 1.28. The third kappa shape index (κ3) is 3.10. The molecule has 94 valence electrons. The summed E-state index contributed by atoms with van der Waals surface area (Å²) in [6.07, 6.45) is 0.0863. The highest BCUT2D eigenvalue weighted by atomic mass is 32.2. The number of benzene rings is 1. The van der Waals surface area contributed by atoms with E-state index in [2.05, 4.69) is 10.3 Å². The summed E-state index contributed by atoms with van der Waals surface area (Å²) >= 11 is 1.12. The summed E-state index contributed by atoms with van der Waals surface area (Å²) in [4.78, 5) is 26.8. The van der Waals surface area contributed by atoms with Crippen LogP contribution in [0.25, 0.3) is 0 Å². The van der Waals surface area contributed by atoms with Gasteiger partial charge in [-0.1, -0.05) is 23.9 Å². The standard InChI is InChI=1S/C12H13N3O2S/c1-7-3-2-4-8(5-7)14-11(17)9-6-10(16)15-12(13)18-9/h2-5,9H,6H2,1H3,(H,14,17)(H2,13,15,16)/t9-/m1/s1. The van der Waals surface area contributed by atoms with E-state index in [0.717, 1.165) is 17.3 Å². The molecule has 2 amide bonds. The largest absolute Gasteiger partial charge is 0.378 e. The van der Waals surface area contributed by atoms with Crippen molar-refractivity contribution in [2.75, 3.05) is 5.32 Å². The molecule has 5 nitrogen and oxygen atoms in total. The summed E-state index contributed by atoms with van der Waals surface area (Å²) in [5.41, 5.74) is 7.26. The summed E-state index contributed by atoms with van der Waals surface area (Å²) in [5, 5.41) is 2.42. The van der Waals surface area contributed by atoms with Gasteiger partial charge in [0.1, 0.15) is 5.25 Å². The molecule has 1 aromatic rings. The van der Waals surface area contributed by atoms with Crippen LogP contribution in [0.1, 0.15) is 12.0 Å². The normalized spacial score (nSPS) is 19.3. The number of thioether (sulfide) groups is 1. The molecule has 2 rings (SSSR count). The summed E-state index contributed by atoms with van der Waals surface area (Å²) in [6, 6.07) is 7.47. The van der Waals surface area contributed by atoms with Gasteiger partial charge in [0.2, 0.25) is 11.8 Å². The number of amidine groups is 1. The van der Waals surface area contributed by atoms with Gasteiger partial charge in [-0.05, 0) is 24.6 Å². The number of anilines is 1. The Labute approximate surface area is 109 Å². The van der Waals surface area contributed by atoms with Gasteiger partial charge in [-0.15, -0.1) is 0 Å². The van der Waals surface area contributed by atoms with Gasteiger partial charge in [0, 0.05) is 5.69 Å². The fraction of sp³-hybridized carbons (Fsp3) is 0.250. The molecule has 0 saturated heterocycles. The molecule has 0 fully saturated rings. The number of nitrogens with two attached hydrogens (primary N) is 1. The number of carbonyl (C=O) groups excluding carboxylic acids is 2. The molecule has 1 heterocycles. The van der Waals surface area contributed by atoms with Crippen molar-refractivity contribution in [1.29, 1.82) is 0 Å². The molecule has 0 radical (unpaired) electrons. The van der Waals surface area contributed by atoms with Gasteiger partial charge in [0.05, 0.1) is 6.42 Å². The van der Waals surface area contributed by atoms with Crippen LogP contribution in [0, 0.1) is 6.92 Å². The second-order valence-electron chi connectivity index (χ2n) is 4.01. The van der Waals surface area contributed by atoms with Crippen LogP contribution in [0.5, 0.6) is 0 Å². The van der Waals surface area contributed by atoms with Crippen molar-refractivity contribution in [3.05, 3.63) is 29.8 Å². The number of hydrogen-bond acceptors (Lipinski definition) is 4. The average Bonchev–Trinajstić information content (AvgIpc) is 2.27. The lowest BCUT2D eigenvalue weighted by molar-refractivity contribution is -0.121. The first-order chi connectivity index (χ1) is 8.54. The molecule has 0 bridgehead atoms. The Bertz CT molecular complexity index is 528. The summed E-state index contributed by atoms with van der Waals surface area (Å²) < 4.78 is 0. The van der Waals surface area contributed by atoms with E-state index in [1.807, 2.05) is 25.1 Å². The third-order valence-electron chi connectivity index (χ3n) is 2.44. The Balaban J connectivity index is 2.05. The molecule has 6 heteroatoms. The van der Waals surface area contributed by atoms with Gasteiger partial charge < -0.3 is 11.1 Å². The van der Waals surface area contributed by atoms with E-state index in [1.165, 1.54) is 0 Å². The van der Waals surface area contributed by atoms with Crippen molar-refractivity contribution in [1.82, 2.24) is 0 Å². The van der Waals surface area contributed by atoms with Crippen molar-refractivity contribution < 1.29 is 9.59 Å². The Hall–Kier alpha value is -1.82. The number of nitrogens with one attached hydrogen (secondary N) is 1. The minimum Gasteiger partial charge on any atom is -0.378 e. The number of hydrogen-bond donors (Lipinski definition) is 2. The second kappa shape index (κ2) is 5.22. The summed E-state index contributed by atoms with van der Waals surface area (Å²) in [5.74, 6) is -0.576. The molecule has 18 heavy (non-hydrogen) atoms. The zero-order chi connectivity index (χ0) is 13.1. The fourth-order valence-electron chi connectivity index (χ4n) is 1.63. The van der Waals surface area contributed by atoms with Crippen LogP contribution in [0.3, 0.4) is 0 Å². The minimum atomic E-state index is -0.504. The lowest BCUT2D eigenvalue weighted by atomic mass is 10.2. The second-order valence-corrected chi connectivity index (χ2v) is 5.24. The van der Waals surface area contributed by atoms with Crippen molar-refractivity contribution in [3.8, 4) is 0 Å². The van der Waals surface area contributed by atoms with Crippen molar-refractivity contribution in [2.24, 2.45) is 10.7 Å². The smallest absolute Gasteiger partial charge is 0.249 e. The van der Waals surface area contributed by atoms with E-state index in [-0.39, 0.29) is 23.4 Å². The van der Waals surface area contributed by atoms with Crippen LogP contribution >= 0.6 is 11.8 Å². The van der Waals surface area contributed by atoms with Crippen molar-refractivity contribution in [2.45, 2.75) is 18.6 Å². The molecule has 1 aromatic carbocycles. The van der Waals surface area contributed by atoms with E-state index in [1.54, 1.807) is 6.07 Å². The van der Waals surface area contributed by atoms with E-state index in [9.17, 15) is 9.59 Å². The van der Waals surface area contributed by atoms with Crippen LogP contribution in [-0.2, 0) is 9.59 Å². The summed E-state index contributed by atoms with van der Waals surface area (Å²) in [7, 11) is 0. The molecule has 0 aromatic heterocycles. The first-order valence-corrected chi connectivity index (χ1v) is 6.34. The van der Waals surface area contributed by atoms with Gasteiger partial charge in [-0.2, -0.15) is 4.99 Å². The highest BCUT2D eigenvalue weighted by molar-refractivity contribution is 8.15. The average molecular weight is 263 g/mol. The zero-order valence-electron chi connectivity index (χ0n) is 9.84.